The average molecular weight is 355 g/mol. The molecule has 0 amide bonds. The molecule has 0 aliphatic carbocycles. The molecule has 0 aliphatic heterocycles. The van der Waals surface area contributed by atoms with E-state index in [9.17, 15) is 0 Å². The second-order valence-electron chi connectivity index (χ2n) is 1.79. The van der Waals surface area contributed by atoms with Crippen molar-refractivity contribution in [2.45, 2.75) is 0 Å². The minimum Gasteiger partial charge on any atom is -0.668 e. The van der Waals surface area contributed by atoms with Gasteiger partial charge in [-0.2, -0.15) is 56.4 Å². The molecule has 0 aromatic rings. The Balaban J connectivity index is -0.0000000213. The van der Waals surface area contributed by atoms with Crippen LogP contribution < -0.4 is 0 Å². The third-order valence-corrected chi connectivity index (χ3v) is 0. The molecule has 0 rings (SSSR count). The maximum atomic E-state index is 3.50. The fraction of sp³-hybridized carbons (Fsp3) is 1.00. The topological polar surface area (TPSA) is 56.4 Å². The molecule has 0 unspecified atom stereocenters. The first kappa shape index (κ1) is 29.2. The van der Waals surface area contributed by atoms with E-state index in [2.05, 4.69) is 21.3 Å². The maximum absolute atomic E-state index is 3.50. The number of nitrogens with zero attached hydrogens (tertiary/aromatic N) is 4. The molecule has 0 fully saturated rings. The molecule has 0 N–H and O–H groups in total. The van der Waals surface area contributed by atoms with Crippen molar-refractivity contribution in [2.75, 3.05) is 56.4 Å². The Labute approximate surface area is 103 Å². The summed E-state index contributed by atoms with van der Waals surface area (Å²) in [5.74, 6) is 0. The Hall–Kier alpha value is 0.710. The van der Waals surface area contributed by atoms with Crippen LogP contribution in [0.15, 0.2) is 0 Å². The van der Waals surface area contributed by atoms with Crippen LogP contribution in [0.25, 0.3) is 21.3 Å². The van der Waals surface area contributed by atoms with Gasteiger partial charge in [0.25, 0.3) is 0 Å². The van der Waals surface area contributed by atoms with E-state index in [-0.39, 0.29) is 25.8 Å². The first-order valence-corrected chi connectivity index (χ1v) is 3.58. The Morgan fingerprint density at radius 3 is 0.385 bits per heavy atom. The van der Waals surface area contributed by atoms with E-state index in [0.717, 1.165) is 0 Å². The predicted molar refractivity (Wildman–Crippen MR) is 60.8 cm³/mol. The van der Waals surface area contributed by atoms with Crippen LogP contribution in [0.4, 0.5) is 0 Å². The monoisotopic (exact) mass is 356 g/mol. The zero-order valence-electron chi connectivity index (χ0n) is 10.3. The van der Waals surface area contributed by atoms with Crippen LogP contribution in [0.1, 0.15) is 0 Å². The Morgan fingerprint density at radius 2 is 0.385 bits per heavy atom. The standard InChI is InChI=1S/4C2H6N.Hf/c4*1-3-2;/h4*1-2H3;/q4*-1;+4. The molecule has 0 aliphatic rings. The summed E-state index contributed by atoms with van der Waals surface area (Å²) in [6.07, 6.45) is 0. The van der Waals surface area contributed by atoms with E-state index in [1.165, 1.54) is 0 Å². The summed E-state index contributed by atoms with van der Waals surface area (Å²) >= 11 is 0. The first-order chi connectivity index (χ1) is 5.66. The van der Waals surface area contributed by atoms with Crippen LogP contribution in [0.3, 0.4) is 0 Å². The molecule has 0 aromatic carbocycles. The number of hydrogen-bond acceptors (Lipinski definition) is 0. The van der Waals surface area contributed by atoms with Gasteiger partial charge >= 0.3 is 25.8 Å². The molecule has 5 heteroatoms. The summed E-state index contributed by atoms with van der Waals surface area (Å²) in [6, 6.07) is 0. The summed E-state index contributed by atoms with van der Waals surface area (Å²) in [6.45, 7) is 0. The van der Waals surface area contributed by atoms with E-state index in [4.69, 9.17) is 0 Å². The van der Waals surface area contributed by atoms with Gasteiger partial charge < -0.3 is 21.3 Å². The van der Waals surface area contributed by atoms with E-state index in [1.54, 1.807) is 56.4 Å². The summed E-state index contributed by atoms with van der Waals surface area (Å²) in [5, 5.41) is 14.0. The van der Waals surface area contributed by atoms with Crippen LogP contribution >= 0.6 is 0 Å². The van der Waals surface area contributed by atoms with Crippen LogP contribution in [0, 0.1) is 0 Å². The van der Waals surface area contributed by atoms with Crippen LogP contribution in [-0.4, -0.2) is 56.4 Å². The van der Waals surface area contributed by atoms with Gasteiger partial charge in [-0.25, -0.2) is 0 Å². The molecule has 0 atom stereocenters. The van der Waals surface area contributed by atoms with Crippen molar-refractivity contribution < 1.29 is 25.8 Å². The van der Waals surface area contributed by atoms with Crippen molar-refractivity contribution in [2.24, 2.45) is 0 Å². The van der Waals surface area contributed by atoms with Gasteiger partial charge in [-0.3, -0.25) is 0 Å². The van der Waals surface area contributed by atoms with E-state index < -0.39 is 0 Å². The molecule has 4 nitrogen and oxygen atoms in total. The van der Waals surface area contributed by atoms with Gasteiger partial charge in [0.2, 0.25) is 0 Å². The van der Waals surface area contributed by atoms with E-state index >= 15 is 0 Å². The van der Waals surface area contributed by atoms with Gasteiger partial charge in [-0.05, 0) is 0 Å². The summed E-state index contributed by atoms with van der Waals surface area (Å²) in [4.78, 5) is 0. The Kier molecular flexibility index (Phi) is 176. The van der Waals surface area contributed by atoms with Gasteiger partial charge in [-0.1, -0.05) is 0 Å². The molecule has 80 valence electrons. The van der Waals surface area contributed by atoms with Gasteiger partial charge in [0.1, 0.15) is 0 Å². The van der Waals surface area contributed by atoms with Crippen LogP contribution in [-0.2, 0) is 25.8 Å². The molecule has 0 heterocycles. The van der Waals surface area contributed by atoms with Gasteiger partial charge in [0, 0.05) is 0 Å². The number of hydrogen-bond donors (Lipinski definition) is 0. The van der Waals surface area contributed by atoms with E-state index in [1.807, 2.05) is 0 Å². The summed E-state index contributed by atoms with van der Waals surface area (Å²) < 4.78 is 0. The molecule has 0 aromatic heterocycles. The third-order valence-electron chi connectivity index (χ3n) is 0. The van der Waals surface area contributed by atoms with Crippen molar-refractivity contribution >= 4 is 0 Å². The Bertz CT molecular complexity index is 24.1. The van der Waals surface area contributed by atoms with Crippen molar-refractivity contribution in [3.8, 4) is 0 Å². The van der Waals surface area contributed by atoms with Crippen molar-refractivity contribution in [3.63, 3.8) is 0 Å². The molecule has 0 spiro atoms. The number of rotatable bonds is 0. The van der Waals surface area contributed by atoms with Crippen molar-refractivity contribution in [1.29, 1.82) is 0 Å². The van der Waals surface area contributed by atoms with Crippen molar-refractivity contribution in [3.05, 3.63) is 21.3 Å². The fourth-order valence-electron chi connectivity index (χ4n) is 0. The molecule has 0 radical (unpaired) electrons. The molecular weight excluding hydrogens is 331 g/mol. The summed E-state index contributed by atoms with van der Waals surface area (Å²) in [7, 11) is 14.0. The predicted octanol–water partition coefficient (Wildman–Crippen LogP) is 2.48. The molecule has 13 heavy (non-hydrogen) atoms. The van der Waals surface area contributed by atoms with Gasteiger partial charge in [-0.15, -0.1) is 0 Å². The zero-order valence-corrected chi connectivity index (χ0v) is 13.9. The van der Waals surface area contributed by atoms with Gasteiger partial charge in [0.05, 0.1) is 0 Å². The smallest absolute Gasteiger partial charge is 0.668 e. The quantitative estimate of drug-likeness (QED) is 0.600. The van der Waals surface area contributed by atoms with Crippen molar-refractivity contribution in [1.82, 2.24) is 0 Å². The molecular formula is C8H24HfN4. The minimum absolute atomic E-state index is 0. The fourth-order valence-corrected chi connectivity index (χ4v) is 0. The second-order valence-corrected chi connectivity index (χ2v) is 1.79. The third kappa shape index (κ3) is 2890. The largest absolute Gasteiger partial charge is 4.00 e. The molecule has 0 saturated heterocycles. The summed E-state index contributed by atoms with van der Waals surface area (Å²) in [5.41, 5.74) is 0. The normalized spacial score (nSPS) is 5.54. The Morgan fingerprint density at radius 1 is 0.385 bits per heavy atom. The second kappa shape index (κ2) is 78.6. The molecule has 0 bridgehead atoms. The minimum atomic E-state index is 0. The average Bonchev–Trinajstić information content (AvgIpc) is 1.92. The van der Waals surface area contributed by atoms with Crippen LogP contribution in [0.5, 0.6) is 0 Å². The van der Waals surface area contributed by atoms with E-state index in [0.29, 0.717) is 0 Å². The van der Waals surface area contributed by atoms with Gasteiger partial charge in [0.15, 0.2) is 0 Å². The first-order valence-electron chi connectivity index (χ1n) is 3.58. The molecule has 0 saturated carbocycles. The maximum Gasteiger partial charge on any atom is 4.00 e. The SMILES string of the molecule is C[N-]C.C[N-]C.C[N-]C.C[N-]C.[Hf+4]. The zero-order chi connectivity index (χ0) is 10.8. The van der Waals surface area contributed by atoms with Crippen LogP contribution in [0.2, 0.25) is 0 Å².